The summed E-state index contributed by atoms with van der Waals surface area (Å²) in [6, 6.07) is 0. The Morgan fingerprint density at radius 2 is 1.95 bits per heavy atom. The molecule has 0 aliphatic rings. The van der Waals surface area contributed by atoms with Gasteiger partial charge in [-0.3, -0.25) is 4.57 Å². The molecule has 1 N–H and O–H groups in total. The number of hydrogen-bond donors (Lipinski definition) is 1. The van der Waals surface area contributed by atoms with Gasteiger partial charge in [-0.2, -0.15) is 0 Å². The van der Waals surface area contributed by atoms with Gasteiger partial charge in [0.2, 0.25) is 0 Å². The van der Waals surface area contributed by atoms with Crippen molar-refractivity contribution < 1.29 is 0 Å². The van der Waals surface area contributed by atoms with Gasteiger partial charge >= 0.3 is 0 Å². The number of anilines is 1. The SMILES string of the molecule is CCCNc1nc(CC)nc(-n2ccnc2CC)c1C. The molecule has 5 nitrogen and oxygen atoms in total. The van der Waals surface area contributed by atoms with Crippen LogP contribution in [0.1, 0.15) is 44.4 Å². The van der Waals surface area contributed by atoms with Crippen molar-refractivity contribution in [1.82, 2.24) is 19.5 Å². The number of rotatable bonds is 6. The number of nitrogens with zero attached hydrogens (tertiary/aromatic N) is 4. The molecule has 108 valence electrons. The fourth-order valence-corrected chi connectivity index (χ4v) is 2.15. The van der Waals surface area contributed by atoms with Crippen molar-refractivity contribution in [2.24, 2.45) is 0 Å². The van der Waals surface area contributed by atoms with E-state index < -0.39 is 0 Å². The van der Waals surface area contributed by atoms with Crippen LogP contribution in [0, 0.1) is 6.92 Å². The zero-order valence-electron chi connectivity index (χ0n) is 12.8. The minimum Gasteiger partial charge on any atom is -0.370 e. The van der Waals surface area contributed by atoms with Crippen LogP contribution in [-0.2, 0) is 12.8 Å². The lowest BCUT2D eigenvalue weighted by Crippen LogP contribution is -2.12. The van der Waals surface area contributed by atoms with Gasteiger partial charge in [-0.25, -0.2) is 15.0 Å². The van der Waals surface area contributed by atoms with Crippen molar-refractivity contribution in [1.29, 1.82) is 0 Å². The second-order valence-corrected chi connectivity index (χ2v) is 4.78. The Balaban J connectivity index is 2.51. The van der Waals surface area contributed by atoms with E-state index in [9.17, 15) is 0 Å². The molecular formula is C15H23N5. The number of imidazole rings is 1. The van der Waals surface area contributed by atoms with Crippen molar-refractivity contribution in [3.63, 3.8) is 0 Å². The Bertz CT molecular complexity index is 574. The van der Waals surface area contributed by atoms with Gasteiger partial charge in [0.05, 0.1) is 0 Å². The number of nitrogens with one attached hydrogen (secondary N) is 1. The van der Waals surface area contributed by atoms with E-state index in [1.807, 2.05) is 12.4 Å². The van der Waals surface area contributed by atoms with E-state index in [0.717, 1.165) is 54.7 Å². The molecule has 2 aromatic rings. The third kappa shape index (κ3) is 2.81. The van der Waals surface area contributed by atoms with Crippen molar-refractivity contribution in [3.05, 3.63) is 29.6 Å². The van der Waals surface area contributed by atoms with Gasteiger partial charge in [0.15, 0.2) is 0 Å². The second kappa shape index (κ2) is 6.50. The molecule has 0 saturated carbocycles. The van der Waals surface area contributed by atoms with Gasteiger partial charge in [-0.15, -0.1) is 0 Å². The summed E-state index contributed by atoms with van der Waals surface area (Å²) in [6.45, 7) is 9.31. The van der Waals surface area contributed by atoms with Crippen LogP contribution in [-0.4, -0.2) is 26.1 Å². The van der Waals surface area contributed by atoms with Gasteiger partial charge < -0.3 is 5.32 Å². The first kappa shape index (κ1) is 14.5. The first-order valence-electron chi connectivity index (χ1n) is 7.35. The second-order valence-electron chi connectivity index (χ2n) is 4.78. The maximum absolute atomic E-state index is 4.68. The van der Waals surface area contributed by atoms with Crippen molar-refractivity contribution in [2.45, 2.75) is 47.0 Å². The summed E-state index contributed by atoms with van der Waals surface area (Å²) in [5.41, 5.74) is 1.07. The van der Waals surface area contributed by atoms with Gasteiger partial charge in [0.25, 0.3) is 0 Å². The smallest absolute Gasteiger partial charge is 0.146 e. The van der Waals surface area contributed by atoms with Gasteiger partial charge in [-0.05, 0) is 13.3 Å². The van der Waals surface area contributed by atoms with Crippen LogP contribution >= 0.6 is 0 Å². The first-order chi connectivity index (χ1) is 9.71. The molecule has 0 aromatic carbocycles. The molecule has 0 aliphatic carbocycles. The van der Waals surface area contributed by atoms with Crippen LogP contribution < -0.4 is 5.32 Å². The third-order valence-corrected chi connectivity index (χ3v) is 3.29. The minimum absolute atomic E-state index is 0.824. The average molecular weight is 273 g/mol. The maximum atomic E-state index is 4.68. The predicted molar refractivity (Wildman–Crippen MR) is 81.4 cm³/mol. The van der Waals surface area contributed by atoms with Crippen LogP contribution in [0.5, 0.6) is 0 Å². The van der Waals surface area contributed by atoms with E-state index in [1.54, 1.807) is 0 Å². The Kier molecular flexibility index (Phi) is 4.71. The molecule has 20 heavy (non-hydrogen) atoms. The van der Waals surface area contributed by atoms with Crippen LogP contribution in [0.2, 0.25) is 0 Å². The predicted octanol–water partition coefficient (Wildman–Crippen LogP) is 2.92. The highest BCUT2D eigenvalue weighted by molar-refractivity contribution is 5.52. The van der Waals surface area contributed by atoms with Crippen LogP contribution in [0.15, 0.2) is 12.4 Å². The molecule has 2 heterocycles. The Morgan fingerprint density at radius 1 is 1.15 bits per heavy atom. The molecule has 0 unspecified atom stereocenters. The highest BCUT2D eigenvalue weighted by atomic mass is 15.2. The lowest BCUT2D eigenvalue weighted by molar-refractivity contribution is 0.823. The van der Waals surface area contributed by atoms with E-state index in [-0.39, 0.29) is 0 Å². The molecule has 0 saturated heterocycles. The van der Waals surface area contributed by atoms with Crippen molar-refractivity contribution >= 4 is 5.82 Å². The Hall–Kier alpha value is -1.91. The number of aromatic nitrogens is 4. The summed E-state index contributed by atoms with van der Waals surface area (Å²) < 4.78 is 2.06. The summed E-state index contributed by atoms with van der Waals surface area (Å²) in [5, 5.41) is 3.39. The fraction of sp³-hybridized carbons (Fsp3) is 0.533. The van der Waals surface area contributed by atoms with Gasteiger partial charge in [0.1, 0.15) is 23.3 Å². The molecule has 5 heteroatoms. The van der Waals surface area contributed by atoms with E-state index in [4.69, 9.17) is 0 Å². The van der Waals surface area contributed by atoms with Gasteiger partial charge in [-0.1, -0.05) is 20.8 Å². The lowest BCUT2D eigenvalue weighted by atomic mass is 10.2. The fourth-order valence-electron chi connectivity index (χ4n) is 2.15. The minimum atomic E-state index is 0.824. The Labute approximate surface area is 120 Å². The topological polar surface area (TPSA) is 55.6 Å². The summed E-state index contributed by atoms with van der Waals surface area (Å²) in [6.07, 6.45) is 6.58. The maximum Gasteiger partial charge on any atom is 0.146 e. The molecular weight excluding hydrogens is 250 g/mol. The summed E-state index contributed by atoms with van der Waals surface area (Å²) in [5.74, 6) is 3.75. The molecule has 0 atom stereocenters. The monoisotopic (exact) mass is 273 g/mol. The quantitative estimate of drug-likeness (QED) is 0.879. The van der Waals surface area contributed by atoms with Crippen LogP contribution in [0.3, 0.4) is 0 Å². The number of hydrogen-bond acceptors (Lipinski definition) is 4. The van der Waals surface area contributed by atoms with Crippen LogP contribution in [0.4, 0.5) is 5.82 Å². The van der Waals surface area contributed by atoms with Crippen molar-refractivity contribution in [3.8, 4) is 5.82 Å². The Morgan fingerprint density at radius 3 is 2.60 bits per heavy atom. The highest BCUT2D eigenvalue weighted by Gasteiger charge is 2.13. The molecule has 0 aliphatic heterocycles. The largest absolute Gasteiger partial charge is 0.370 e. The lowest BCUT2D eigenvalue weighted by Gasteiger charge is -2.15. The highest BCUT2D eigenvalue weighted by Crippen LogP contribution is 2.21. The van der Waals surface area contributed by atoms with Crippen molar-refractivity contribution in [2.75, 3.05) is 11.9 Å². The van der Waals surface area contributed by atoms with E-state index in [0.29, 0.717) is 0 Å². The average Bonchev–Trinajstić information content (AvgIpc) is 2.94. The molecule has 0 amide bonds. The first-order valence-corrected chi connectivity index (χ1v) is 7.35. The standard InChI is InChI=1S/C15H23N5/c1-5-8-17-14-11(4)15(19-12(6-2)18-14)20-10-9-16-13(20)7-3/h9-10H,5-8H2,1-4H3,(H,17,18,19). The van der Waals surface area contributed by atoms with Crippen LogP contribution in [0.25, 0.3) is 5.82 Å². The molecule has 0 bridgehead atoms. The molecule has 0 radical (unpaired) electrons. The molecule has 0 spiro atoms. The molecule has 2 aromatic heterocycles. The van der Waals surface area contributed by atoms with E-state index in [1.165, 1.54) is 0 Å². The molecule has 2 rings (SSSR count). The number of aryl methyl sites for hydroxylation is 2. The van der Waals surface area contributed by atoms with Gasteiger partial charge in [0, 0.05) is 37.3 Å². The molecule has 0 fully saturated rings. The third-order valence-electron chi connectivity index (χ3n) is 3.29. The van der Waals surface area contributed by atoms with E-state index >= 15 is 0 Å². The summed E-state index contributed by atoms with van der Waals surface area (Å²) >= 11 is 0. The summed E-state index contributed by atoms with van der Waals surface area (Å²) in [4.78, 5) is 13.7. The van der Waals surface area contributed by atoms with E-state index in [2.05, 4.69) is 52.5 Å². The zero-order valence-corrected chi connectivity index (χ0v) is 12.8. The zero-order chi connectivity index (χ0) is 14.5. The normalized spacial score (nSPS) is 10.8. The summed E-state index contributed by atoms with van der Waals surface area (Å²) in [7, 11) is 0.